The summed E-state index contributed by atoms with van der Waals surface area (Å²) in [6.07, 6.45) is 1.44. The van der Waals surface area contributed by atoms with Crippen LogP contribution in [-0.2, 0) is 10.2 Å². The van der Waals surface area contributed by atoms with Crippen molar-refractivity contribution in [2.24, 2.45) is 0 Å². The lowest BCUT2D eigenvalue weighted by atomic mass is 9.91. The Morgan fingerprint density at radius 2 is 2.05 bits per heavy atom. The molecule has 0 bridgehead atoms. The predicted octanol–water partition coefficient (Wildman–Crippen LogP) is 2.71. The van der Waals surface area contributed by atoms with Crippen molar-refractivity contribution in [3.63, 3.8) is 0 Å². The molecule has 0 radical (unpaired) electrons. The van der Waals surface area contributed by atoms with Crippen LogP contribution < -0.4 is 4.74 Å². The third-order valence-electron chi connectivity index (χ3n) is 2.99. The van der Waals surface area contributed by atoms with E-state index in [0.717, 1.165) is 0 Å². The lowest BCUT2D eigenvalue weighted by molar-refractivity contribution is -0.143. The number of rotatable bonds is 4. The van der Waals surface area contributed by atoms with E-state index in [4.69, 9.17) is 14.3 Å². The van der Waals surface area contributed by atoms with Crippen LogP contribution in [-0.4, -0.2) is 23.2 Å². The smallest absolute Gasteiger partial charge is 0.316 e. The van der Waals surface area contributed by atoms with E-state index in [2.05, 4.69) is 4.98 Å². The van der Waals surface area contributed by atoms with Gasteiger partial charge in [-0.3, -0.25) is 4.79 Å². The highest BCUT2D eigenvalue weighted by atomic mass is 16.5. The molecule has 0 unspecified atom stereocenters. The van der Waals surface area contributed by atoms with Crippen LogP contribution in [0.2, 0.25) is 0 Å². The predicted molar refractivity (Wildman–Crippen MR) is 69.2 cm³/mol. The molecule has 19 heavy (non-hydrogen) atoms. The fraction of sp³-hybridized carbons (Fsp3) is 0.286. The number of nitrogens with zero attached hydrogens (tertiary/aromatic N) is 1. The second-order valence-electron chi connectivity index (χ2n) is 4.66. The summed E-state index contributed by atoms with van der Waals surface area (Å²) in [5.74, 6) is 0.321. The summed E-state index contributed by atoms with van der Waals surface area (Å²) in [6, 6.07) is 7.28. The Labute approximate surface area is 110 Å². The van der Waals surface area contributed by atoms with E-state index in [1.807, 2.05) is 18.2 Å². The van der Waals surface area contributed by atoms with E-state index >= 15 is 0 Å². The summed E-state index contributed by atoms with van der Waals surface area (Å²) in [7, 11) is 1.56. The molecule has 1 aromatic carbocycles. The molecule has 2 aromatic rings. The molecule has 5 nitrogen and oxygen atoms in total. The summed E-state index contributed by atoms with van der Waals surface area (Å²) in [6.45, 7) is 3.14. The molecule has 0 aliphatic rings. The Hall–Kier alpha value is -2.30. The Balaban J connectivity index is 2.44. The average Bonchev–Trinajstić information content (AvgIpc) is 2.88. The van der Waals surface area contributed by atoms with Gasteiger partial charge in [0.1, 0.15) is 16.9 Å². The van der Waals surface area contributed by atoms with Gasteiger partial charge in [-0.2, -0.15) is 0 Å². The molecule has 2 rings (SSSR count). The standard InChI is InChI=1S/C14H15NO4/c1-14(2,13(16)17)11-8-15-12(19-11)9-6-4-5-7-10(9)18-3/h4-8H,1-3H3,(H,16,17). The second kappa shape index (κ2) is 4.76. The van der Waals surface area contributed by atoms with Crippen LogP contribution >= 0.6 is 0 Å². The highest BCUT2D eigenvalue weighted by Crippen LogP contribution is 2.32. The Morgan fingerprint density at radius 3 is 2.68 bits per heavy atom. The number of carboxylic acids is 1. The van der Waals surface area contributed by atoms with Gasteiger partial charge >= 0.3 is 5.97 Å². The van der Waals surface area contributed by atoms with Gasteiger partial charge in [0.05, 0.1) is 18.9 Å². The molecule has 100 valence electrons. The summed E-state index contributed by atoms with van der Waals surface area (Å²) < 4.78 is 10.8. The lowest BCUT2D eigenvalue weighted by Gasteiger charge is -2.14. The van der Waals surface area contributed by atoms with Crippen LogP contribution in [0.5, 0.6) is 5.75 Å². The average molecular weight is 261 g/mol. The van der Waals surface area contributed by atoms with E-state index in [9.17, 15) is 4.79 Å². The lowest BCUT2D eigenvalue weighted by Crippen LogP contribution is -2.27. The largest absolute Gasteiger partial charge is 0.496 e. The third-order valence-corrected chi connectivity index (χ3v) is 2.99. The first-order valence-corrected chi connectivity index (χ1v) is 5.80. The fourth-order valence-corrected chi connectivity index (χ4v) is 1.61. The van der Waals surface area contributed by atoms with Crippen molar-refractivity contribution in [1.82, 2.24) is 4.98 Å². The number of methoxy groups -OCH3 is 1. The zero-order chi connectivity index (χ0) is 14.0. The van der Waals surface area contributed by atoms with E-state index in [-0.39, 0.29) is 0 Å². The second-order valence-corrected chi connectivity index (χ2v) is 4.66. The summed E-state index contributed by atoms with van der Waals surface area (Å²) in [4.78, 5) is 15.3. The molecule has 0 saturated carbocycles. The molecule has 0 amide bonds. The van der Waals surface area contributed by atoms with E-state index < -0.39 is 11.4 Å². The van der Waals surface area contributed by atoms with Gasteiger partial charge in [0.2, 0.25) is 5.89 Å². The SMILES string of the molecule is COc1ccccc1-c1ncc(C(C)(C)C(=O)O)o1. The molecular weight excluding hydrogens is 246 g/mol. The Bertz CT molecular complexity index is 601. The number of benzene rings is 1. The molecule has 0 spiro atoms. The van der Waals surface area contributed by atoms with E-state index in [1.165, 1.54) is 6.20 Å². The topological polar surface area (TPSA) is 72.6 Å². The first-order valence-electron chi connectivity index (χ1n) is 5.80. The third kappa shape index (κ3) is 2.31. The summed E-state index contributed by atoms with van der Waals surface area (Å²) in [5.41, 5.74) is -0.426. The monoisotopic (exact) mass is 261 g/mol. The van der Waals surface area contributed by atoms with Gasteiger partial charge < -0.3 is 14.3 Å². The number of para-hydroxylation sites is 1. The number of carboxylic acid groups (broad SMARTS) is 1. The van der Waals surface area contributed by atoms with Crippen LogP contribution in [0.15, 0.2) is 34.9 Å². The quantitative estimate of drug-likeness (QED) is 0.916. The van der Waals surface area contributed by atoms with Crippen molar-refractivity contribution in [2.75, 3.05) is 7.11 Å². The minimum absolute atomic E-state index is 0.306. The maximum absolute atomic E-state index is 11.2. The Kier molecular flexibility index (Phi) is 3.29. The number of carbonyl (C=O) groups is 1. The number of ether oxygens (including phenoxy) is 1. The number of oxazole rings is 1. The molecule has 0 aliphatic carbocycles. The van der Waals surface area contributed by atoms with Crippen molar-refractivity contribution in [2.45, 2.75) is 19.3 Å². The van der Waals surface area contributed by atoms with Crippen LogP contribution in [0.3, 0.4) is 0 Å². The zero-order valence-corrected chi connectivity index (χ0v) is 11.0. The Morgan fingerprint density at radius 1 is 1.37 bits per heavy atom. The van der Waals surface area contributed by atoms with E-state index in [1.54, 1.807) is 27.0 Å². The first kappa shape index (κ1) is 13.1. The van der Waals surface area contributed by atoms with Gasteiger partial charge in [-0.05, 0) is 26.0 Å². The molecule has 0 fully saturated rings. The maximum Gasteiger partial charge on any atom is 0.316 e. The van der Waals surface area contributed by atoms with Crippen molar-refractivity contribution >= 4 is 5.97 Å². The van der Waals surface area contributed by atoms with Crippen LogP contribution in [0, 0.1) is 0 Å². The minimum Gasteiger partial charge on any atom is -0.496 e. The van der Waals surface area contributed by atoms with Gasteiger partial charge in [-0.1, -0.05) is 12.1 Å². The van der Waals surface area contributed by atoms with Crippen LogP contribution in [0.1, 0.15) is 19.6 Å². The van der Waals surface area contributed by atoms with Crippen molar-refractivity contribution in [3.8, 4) is 17.2 Å². The summed E-state index contributed by atoms with van der Waals surface area (Å²) in [5, 5.41) is 9.16. The maximum atomic E-state index is 11.2. The minimum atomic E-state index is -1.12. The number of aliphatic carboxylic acids is 1. The normalized spacial score (nSPS) is 11.3. The zero-order valence-electron chi connectivity index (χ0n) is 11.0. The molecule has 0 atom stereocenters. The van der Waals surface area contributed by atoms with Gasteiger partial charge in [0.25, 0.3) is 0 Å². The number of aromatic nitrogens is 1. The van der Waals surface area contributed by atoms with Gasteiger partial charge in [0, 0.05) is 0 Å². The van der Waals surface area contributed by atoms with Gasteiger partial charge in [-0.25, -0.2) is 4.98 Å². The molecule has 0 aliphatic heterocycles. The van der Waals surface area contributed by atoms with Crippen LogP contribution in [0.25, 0.3) is 11.5 Å². The van der Waals surface area contributed by atoms with E-state index in [0.29, 0.717) is 23.0 Å². The summed E-state index contributed by atoms with van der Waals surface area (Å²) >= 11 is 0. The van der Waals surface area contributed by atoms with Gasteiger partial charge in [0.15, 0.2) is 0 Å². The van der Waals surface area contributed by atoms with Gasteiger partial charge in [-0.15, -0.1) is 0 Å². The van der Waals surface area contributed by atoms with Crippen LogP contribution in [0.4, 0.5) is 0 Å². The number of hydrogen-bond acceptors (Lipinski definition) is 4. The number of hydrogen-bond donors (Lipinski definition) is 1. The highest BCUT2D eigenvalue weighted by Gasteiger charge is 2.34. The first-order chi connectivity index (χ1) is 8.96. The highest BCUT2D eigenvalue weighted by molar-refractivity contribution is 5.79. The molecule has 0 saturated heterocycles. The molecule has 1 aromatic heterocycles. The fourth-order valence-electron chi connectivity index (χ4n) is 1.61. The van der Waals surface area contributed by atoms with Crippen molar-refractivity contribution < 1.29 is 19.1 Å². The molecule has 1 heterocycles. The molecule has 1 N–H and O–H groups in total. The van der Waals surface area contributed by atoms with Crippen molar-refractivity contribution in [1.29, 1.82) is 0 Å². The molecular formula is C14H15NO4. The van der Waals surface area contributed by atoms with Crippen molar-refractivity contribution in [3.05, 3.63) is 36.2 Å². The molecule has 5 heteroatoms.